The van der Waals surface area contributed by atoms with Crippen molar-refractivity contribution in [3.8, 4) is 5.75 Å². The van der Waals surface area contributed by atoms with E-state index in [1.165, 1.54) is 10.9 Å². The average molecular weight is 402 g/mol. The molecule has 1 fully saturated rings. The van der Waals surface area contributed by atoms with Gasteiger partial charge in [0.25, 0.3) is 5.91 Å². The number of amides is 1. The number of hydrogen-bond acceptors (Lipinski definition) is 5. The molecule has 30 heavy (non-hydrogen) atoms. The van der Waals surface area contributed by atoms with Crippen LogP contribution in [0, 0.1) is 0 Å². The summed E-state index contributed by atoms with van der Waals surface area (Å²) < 4.78 is 5.43. The number of aryl methyl sites for hydroxylation is 1. The maximum atomic E-state index is 11.5. The number of rotatable bonds is 5. The molecule has 3 aromatic rings. The summed E-state index contributed by atoms with van der Waals surface area (Å²) in [6.07, 6.45) is 2.09. The topological polar surface area (TPSA) is 57.7 Å². The van der Waals surface area contributed by atoms with Gasteiger partial charge in [-0.25, -0.2) is 4.98 Å². The van der Waals surface area contributed by atoms with E-state index in [4.69, 9.17) is 9.72 Å². The fraction of sp³-hybridized carbons (Fsp3) is 0.333. The van der Waals surface area contributed by atoms with E-state index < -0.39 is 0 Å². The fourth-order valence-electron chi connectivity index (χ4n) is 4.22. The third-order valence-electron chi connectivity index (χ3n) is 5.90. The minimum Gasteiger partial charge on any atom is -0.482 e. The van der Waals surface area contributed by atoms with Crippen LogP contribution in [-0.2, 0) is 11.2 Å². The monoisotopic (exact) mass is 402 g/mol. The van der Waals surface area contributed by atoms with Gasteiger partial charge in [0.2, 0.25) is 0 Å². The molecule has 0 saturated carbocycles. The maximum absolute atomic E-state index is 11.5. The number of piperazine rings is 1. The molecule has 0 unspecified atom stereocenters. The van der Waals surface area contributed by atoms with Gasteiger partial charge in [-0.1, -0.05) is 24.3 Å². The number of benzene rings is 2. The lowest BCUT2D eigenvalue weighted by Gasteiger charge is -2.35. The molecule has 3 heterocycles. The highest BCUT2D eigenvalue weighted by molar-refractivity contribution is 5.95. The molecular formula is C24H26N4O2. The van der Waals surface area contributed by atoms with Crippen LogP contribution in [0.2, 0.25) is 0 Å². The van der Waals surface area contributed by atoms with Crippen LogP contribution in [0.15, 0.2) is 54.6 Å². The Morgan fingerprint density at radius 2 is 1.87 bits per heavy atom. The zero-order valence-corrected chi connectivity index (χ0v) is 17.0. The first-order chi connectivity index (χ1) is 14.7. The molecule has 0 atom stereocenters. The zero-order valence-electron chi connectivity index (χ0n) is 17.0. The Morgan fingerprint density at radius 1 is 1.00 bits per heavy atom. The lowest BCUT2D eigenvalue weighted by Crippen LogP contribution is -2.47. The van der Waals surface area contributed by atoms with Crippen LogP contribution in [0.3, 0.4) is 0 Å². The predicted molar refractivity (Wildman–Crippen MR) is 119 cm³/mol. The van der Waals surface area contributed by atoms with Crippen LogP contribution in [0.4, 0.5) is 11.5 Å². The first kappa shape index (κ1) is 18.9. The summed E-state index contributed by atoms with van der Waals surface area (Å²) in [5.41, 5.74) is 3.09. The van der Waals surface area contributed by atoms with Crippen molar-refractivity contribution in [2.45, 2.75) is 12.8 Å². The van der Waals surface area contributed by atoms with Crippen molar-refractivity contribution in [1.29, 1.82) is 0 Å². The van der Waals surface area contributed by atoms with Crippen LogP contribution < -0.4 is 15.0 Å². The predicted octanol–water partition coefficient (Wildman–Crippen LogP) is 3.32. The van der Waals surface area contributed by atoms with E-state index in [0.717, 1.165) is 68.3 Å². The molecule has 0 spiro atoms. The second-order valence-corrected chi connectivity index (χ2v) is 7.96. The Balaban J connectivity index is 1.11. The molecule has 2 aliphatic heterocycles. The maximum Gasteiger partial charge on any atom is 0.262 e. The molecule has 0 aliphatic carbocycles. The van der Waals surface area contributed by atoms with Crippen LogP contribution >= 0.6 is 0 Å². The SMILES string of the molecule is O=C1COc2ccc(CCCN3CCN(c4ccc5ccccc5n4)CC3)cc2N1. The minimum atomic E-state index is -0.0848. The van der Waals surface area contributed by atoms with Gasteiger partial charge in [0.1, 0.15) is 11.6 Å². The average Bonchev–Trinajstić information content (AvgIpc) is 2.79. The van der Waals surface area contributed by atoms with Crippen molar-refractivity contribution >= 4 is 28.3 Å². The number of anilines is 2. The van der Waals surface area contributed by atoms with Crippen LogP contribution in [-0.4, -0.2) is 55.1 Å². The summed E-state index contributed by atoms with van der Waals surface area (Å²) >= 11 is 0. The second kappa shape index (κ2) is 8.32. The number of nitrogens with one attached hydrogen (secondary N) is 1. The fourth-order valence-corrected chi connectivity index (χ4v) is 4.22. The second-order valence-electron chi connectivity index (χ2n) is 7.96. The molecule has 1 N–H and O–H groups in total. The highest BCUT2D eigenvalue weighted by Crippen LogP contribution is 2.29. The summed E-state index contributed by atoms with van der Waals surface area (Å²) in [5.74, 6) is 1.75. The summed E-state index contributed by atoms with van der Waals surface area (Å²) in [7, 11) is 0. The molecule has 2 aliphatic rings. The van der Waals surface area contributed by atoms with Crippen molar-refractivity contribution in [3.05, 3.63) is 60.2 Å². The van der Waals surface area contributed by atoms with E-state index in [1.807, 2.05) is 18.2 Å². The number of para-hydroxylation sites is 1. The smallest absolute Gasteiger partial charge is 0.262 e. The van der Waals surface area contributed by atoms with Crippen molar-refractivity contribution in [2.75, 3.05) is 49.5 Å². The standard InChI is InChI=1S/C24H26N4O2/c29-24-17-30-22-9-7-18(16-21(22)26-24)4-3-11-27-12-14-28(15-13-27)23-10-8-19-5-1-2-6-20(19)25-23/h1-2,5-10,16H,3-4,11-15,17H2,(H,26,29). The van der Waals surface area contributed by atoms with Gasteiger partial charge in [-0.15, -0.1) is 0 Å². The third-order valence-corrected chi connectivity index (χ3v) is 5.90. The van der Waals surface area contributed by atoms with E-state index in [1.54, 1.807) is 0 Å². The number of ether oxygens (including phenoxy) is 1. The first-order valence-electron chi connectivity index (χ1n) is 10.6. The van der Waals surface area contributed by atoms with Gasteiger partial charge in [0.15, 0.2) is 6.61 Å². The van der Waals surface area contributed by atoms with Crippen molar-refractivity contribution in [3.63, 3.8) is 0 Å². The Bertz CT molecular complexity index is 1060. The van der Waals surface area contributed by atoms with E-state index >= 15 is 0 Å². The number of fused-ring (bicyclic) bond motifs is 2. The van der Waals surface area contributed by atoms with Gasteiger partial charge < -0.3 is 15.0 Å². The number of aromatic nitrogens is 1. The van der Waals surface area contributed by atoms with Gasteiger partial charge in [0, 0.05) is 31.6 Å². The van der Waals surface area contributed by atoms with Gasteiger partial charge in [-0.3, -0.25) is 9.69 Å². The lowest BCUT2D eigenvalue weighted by atomic mass is 10.1. The third kappa shape index (κ3) is 4.09. The molecule has 1 saturated heterocycles. The van der Waals surface area contributed by atoms with Crippen molar-refractivity contribution in [2.24, 2.45) is 0 Å². The molecule has 6 nitrogen and oxygen atoms in total. The van der Waals surface area contributed by atoms with E-state index in [2.05, 4.69) is 51.5 Å². The van der Waals surface area contributed by atoms with E-state index in [0.29, 0.717) is 0 Å². The summed E-state index contributed by atoms with van der Waals surface area (Å²) in [6, 6.07) is 18.7. The first-order valence-corrected chi connectivity index (χ1v) is 10.6. The number of nitrogens with zero attached hydrogens (tertiary/aromatic N) is 3. The number of hydrogen-bond donors (Lipinski definition) is 1. The Morgan fingerprint density at radius 3 is 2.77 bits per heavy atom. The van der Waals surface area contributed by atoms with Crippen LogP contribution in [0.25, 0.3) is 10.9 Å². The molecule has 0 radical (unpaired) electrons. The molecule has 1 amide bonds. The molecule has 6 heteroatoms. The molecule has 1 aromatic heterocycles. The Labute approximate surface area is 176 Å². The van der Waals surface area contributed by atoms with Crippen molar-refractivity contribution in [1.82, 2.24) is 9.88 Å². The zero-order chi connectivity index (χ0) is 20.3. The highest BCUT2D eigenvalue weighted by atomic mass is 16.5. The largest absolute Gasteiger partial charge is 0.482 e. The minimum absolute atomic E-state index is 0.0848. The normalized spacial score (nSPS) is 16.8. The van der Waals surface area contributed by atoms with E-state index in [-0.39, 0.29) is 12.5 Å². The summed E-state index contributed by atoms with van der Waals surface area (Å²) in [6.45, 7) is 5.32. The van der Waals surface area contributed by atoms with Gasteiger partial charge in [-0.2, -0.15) is 0 Å². The summed E-state index contributed by atoms with van der Waals surface area (Å²) in [5, 5.41) is 4.07. The number of carbonyl (C=O) groups is 1. The lowest BCUT2D eigenvalue weighted by molar-refractivity contribution is -0.118. The van der Waals surface area contributed by atoms with E-state index in [9.17, 15) is 4.79 Å². The molecular weight excluding hydrogens is 376 g/mol. The highest BCUT2D eigenvalue weighted by Gasteiger charge is 2.19. The van der Waals surface area contributed by atoms with Gasteiger partial charge in [-0.05, 0) is 55.3 Å². The Kier molecular flexibility index (Phi) is 5.24. The molecule has 2 aromatic carbocycles. The molecule has 5 rings (SSSR count). The summed E-state index contributed by atoms with van der Waals surface area (Å²) in [4.78, 5) is 21.2. The van der Waals surface area contributed by atoms with Crippen LogP contribution in [0.1, 0.15) is 12.0 Å². The number of carbonyl (C=O) groups excluding carboxylic acids is 1. The molecule has 0 bridgehead atoms. The number of pyridine rings is 1. The molecule has 154 valence electrons. The van der Waals surface area contributed by atoms with Crippen LogP contribution in [0.5, 0.6) is 5.75 Å². The Hall–Kier alpha value is -3.12. The van der Waals surface area contributed by atoms with Crippen molar-refractivity contribution < 1.29 is 9.53 Å². The van der Waals surface area contributed by atoms with Gasteiger partial charge in [0.05, 0.1) is 11.2 Å². The van der Waals surface area contributed by atoms with Gasteiger partial charge >= 0.3 is 0 Å². The quantitative estimate of drug-likeness (QED) is 0.710.